The summed E-state index contributed by atoms with van der Waals surface area (Å²) < 4.78 is 1.71. The Morgan fingerprint density at radius 2 is 2.20 bits per heavy atom. The number of carbonyl (C=O) groups is 1. The van der Waals surface area contributed by atoms with Crippen LogP contribution in [0.4, 0.5) is 0 Å². The van der Waals surface area contributed by atoms with Gasteiger partial charge < -0.3 is 5.32 Å². The highest BCUT2D eigenvalue weighted by molar-refractivity contribution is 6.30. The molecule has 0 aliphatic carbocycles. The van der Waals surface area contributed by atoms with Crippen molar-refractivity contribution in [2.24, 2.45) is 0 Å². The Hall–Kier alpha value is -1.81. The first kappa shape index (κ1) is 14.6. The van der Waals surface area contributed by atoms with E-state index in [1.54, 1.807) is 10.7 Å². The third-order valence-corrected chi connectivity index (χ3v) is 3.26. The molecular weight excluding hydrogens is 274 g/mol. The Kier molecular flexibility index (Phi) is 4.79. The number of hydrogen-bond acceptors (Lipinski definition) is 2. The first-order chi connectivity index (χ1) is 9.60. The minimum atomic E-state index is -0.0884. The van der Waals surface area contributed by atoms with Crippen molar-refractivity contribution in [2.75, 3.05) is 6.54 Å². The van der Waals surface area contributed by atoms with Crippen molar-refractivity contribution in [3.8, 4) is 0 Å². The van der Waals surface area contributed by atoms with Gasteiger partial charge in [0.05, 0.1) is 5.69 Å². The maximum absolute atomic E-state index is 12.1. The lowest BCUT2D eigenvalue weighted by atomic mass is 10.1. The van der Waals surface area contributed by atoms with Crippen molar-refractivity contribution in [1.82, 2.24) is 15.1 Å². The third kappa shape index (κ3) is 3.61. The van der Waals surface area contributed by atoms with Crippen molar-refractivity contribution in [1.29, 1.82) is 0 Å². The van der Waals surface area contributed by atoms with E-state index in [1.165, 1.54) is 0 Å². The number of rotatable bonds is 5. The zero-order valence-corrected chi connectivity index (χ0v) is 12.4. The van der Waals surface area contributed by atoms with Crippen LogP contribution in [0.5, 0.6) is 0 Å². The van der Waals surface area contributed by atoms with Crippen LogP contribution in [0.3, 0.4) is 0 Å². The molecule has 0 bridgehead atoms. The molecule has 0 unspecified atom stereocenters. The molecule has 1 N–H and O–H groups in total. The van der Waals surface area contributed by atoms with E-state index in [1.807, 2.05) is 38.1 Å². The van der Waals surface area contributed by atoms with Gasteiger partial charge in [0.1, 0.15) is 5.69 Å². The minimum Gasteiger partial charge on any atom is -0.350 e. The minimum absolute atomic E-state index is 0.0884. The Labute approximate surface area is 123 Å². The Balaban J connectivity index is 1.92. The second kappa shape index (κ2) is 6.57. The number of hydrogen-bond donors (Lipinski definition) is 1. The van der Waals surface area contributed by atoms with Crippen LogP contribution < -0.4 is 5.32 Å². The van der Waals surface area contributed by atoms with Gasteiger partial charge in [0.15, 0.2) is 0 Å². The topological polar surface area (TPSA) is 46.9 Å². The van der Waals surface area contributed by atoms with Crippen LogP contribution in [0.1, 0.15) is 28.7 Å². The van der Waals surface area contributed by atoms with Gasteiger partial charge in [0.2, 0.25) is 0 Å². The van der Waals surface area contributed by atoms with Gasteiger partial charge in [-0.2, -0.15) is 5.10 Å². The highest BCUT2D eigenvalue weighted by Crippen LogP contribution is 2.10. The van der Waals surface area contributed by atoms with E-state index in [9.17, 15) is 4.79 Å². The quantitative estimate of drug-likeness (QED) is 0.921. The molecule has 0 aliphatic heterocycles. The number of halogens is 1. The van der Waals surface area contributed by atoms with Crippen LogP contribution in [0, 0.1) is 6.92 Å². The van der Waals surface area contributed by atoms with Crippen molar-refractivity contribution in [3.63, 3.8) is 0 Å². The fourth-order valence-corrected chi connectivity index (χ4v) is 2.29. The molecular formula is C15H18ClN3O. The number of nitrogens with zero attached hydrogens (tertiary/aromatic N) is 2. The van der Waals surface area contributed by atoms with Gasteiger partial charge in [-0.3, -0.25) is 9.48 Å². The Morgan fingerprint density at radius 3 is 2.90 bits per heavy atom. The van der Waals surface area contributed by atoms with Gasteiger partial charge in [-0.15, -0.1) is 0 Å². The summed E-state index contributed by atoms with van der Waals surface area (Å²) in [5, 5.41) is 7.89. The fourth-order valence-electron chi connectivity index (χ4n) is 2.07. The maximum atomic E-state index is 12.1. The van der Waals surface area contributed by atoms with Crippen LogP contribution in [0.25, 0.3) is 0 Å². The summed E-state index contributed by atoms with van der Waals surface area (Å²) in [4.78, 5) is 12.1. The molecule has 4 nitrogen and oxygen atoms in total. The predicted octanol–water partition coefficient (Wildman–Crippen LogP) is 2.84. The molecule has 1 amide bonds. The normalized spacial score (nSPS) is 10.6. The molecule has 0 atom stereocenters. The number of nitrogens with one attached hydrogen (secondary N) is 1. The number of aryl methyl sites for hydroxylation is 2. The van der Waals surface area contributed by atoms with E-state index in [-0.39, 0.29) is 5.91 Å². The van der Waals surface area contributed by atoms with Gasteiger partial charge in [-0.25, -0.2) is 0 Å². The lowest BCUT2D eigenvalue weighted by molar-refractivity contribution is 0.0943. The fraction of sp³-hybridized carbons (Fsp3) is 0.333. The predicted molar refractivity (Wildman–Crippen MR) is 80.1 cm³/mol. The van der Waals surface area contributed by atoms with Crippen molar-refractivity contribution in [2.45, 2.75) is 26.8 Å². The van der Waals surface area contributed by atoms with Gasteiger partial charge in [0.25, 0.3) is 5.91 Å². The highest BCUT2D eigenvalue weighted by Gasteiger charge is 2.12. The van der Waals surface area contributed by atoms with Crippen LogP contribution in [-0.2, 0) is 13.0 Å². The van der Waals surface area contributed by atoms with Crippen LogP contribution >= 0.6 is 11.6 Å². The molecule has 2 rings (SSSR count). The highest BCUT2D eigenvalue weighted by atomic mass is 35.5. The van der Waals surface area contributed by atoms with Crippen LogP contribution in [-0.4, -0.2) is 22.2 Å². The van der Waals surface area contributed by atoms with Crippen LogP contribution in [0.15, 0.2) is 30.3 Å². The molecule has 0 aliphatic rings. The lowest BCUT2D eigenvalue weighted by Crippen LogP contribution is -2.28. The average Bonchev–Trinajstić information content (AvgIpc) is 2.80. The summed E-state index contributed by atoms with van der Waals surface area (Å²) in [6, 6.07) is 9.46. The number of amides is 1. The van der Waals surface area contributed by atoms with Crippen molar-refractivity contribution >= 4 is 17.5 Å². The van der Waals surface area contributed by atoms with E-state index < -0.39 is 0 Å². The molecule has 0 spiro atoms. The molecule has 1 aromatic carbocycles. The summed E-state index contributed by atoms with van der Waals surface area (Å²) in [5.74, 6) is -0.0884. The second-order valence-electron chi connectivity index (χ2n) is 4.62. The molecule has 0 fully saturated rings. The summed E-state index contributed by atoms with van der Waals surface area (Å²) in [7, 11) is 0. The zero-order chi connectivity index (χ0) is 14.5. The smallest absolute Gasteiger partial charge is 0.269 e. The second-order valence-corrected chi connectivity index (χ2v) is 5.06. The summed E-state index contributed by atoms with van der Waals surface area (Å²) in [5.41, 5.74) is 2.57. The van der Waals surface area contributed by atoms with E-state index in [2.05, 4.69) is 10.4 Å². The van der Waals surface area contributed by atoms with Gasteiger partial charge >= 0.3 is 0 Å². The van der Waals surface area contributed by atoms with Crippen LogP contribution in [0.2, 0.25) is 5.02 Å². The Bertz CT molecular complexity index is 607. The average molecular weight is 292 g/mol. The SMILES string of the molecule is CCn1nc(C)cc1C(=O)NCCc1cccc(Cl)c1. The largest absolute Gasteiger partial charge is 0.350 e. The summed E-state index contributed by atoms with van der Waals surface area (Å²) >= 11 is 5.93. The first-order valence-corrected chi connectivity index (χ1v) is 7.05. The van der Waals surface area contributed by atoms with Crippen molar-refractivity contribution < 1.29 is 4.79 Å². The van der Waals surface area contributed by atoms with Gasteiger partial charge in [0, 0.05) is 18.1 Å². The van der Waals surface area contributed by atoms with Gasteiger partial charge in [-0.05, 0) is 44.0 Å². The van der Waals surface area contributed by atoms with E-state index in [4.69, 9.17) is 11.6 Å². The molecule has 5 heteroatoms. The molecule has 0 saturated carbocycles. The van der Waals surface area contributed by atoms with Crippen molar-refractivity contribution in [3.05, 3.63) is 52.3 Å². The first-order valence-electron chi connectivity index (χ1n) is 6.67. The standard InChI is InChI=1S/C15H18ClN3O/c1-3-19-14(9-11(2)18-19)15(20)17-8-7-12-5-4-6-13(16)10-12/h4-6,9-10H,3,7-8H2,1-2H3,(H,17,20). The summed E-state index contributed by atoms with van der Waals surface area (Å²) in [6.07, 6.45) is 0.756. The molecule has 0 saturated heterocycles. The Morgan fingerprint density at radius 1 is 1.40 bits per heavy atom. The molecule has 1 aromatic heterocycles. The number of benzene rings is 1. The van der Waals surface area contributed by atoms with E-state index >= 15 is 0 Å². The number of aromatic nitrogens is 2. The molecule has 2 aromatic rings. The number of carbonyl (C=O) groups excluding carboxylic acids is 1. The molecule has 1 heterocycles. The maximum Gasteiger partial charge on any atom is 0.269 e. The molecule has 20 heavy (non-hydrogen) atoms. The van der Waals surface area contributed by atoms with E-state index in [0.29, 0.717) is 23.8 Å². The zero-order valence-electron chi connectivity index (χ0n) is 11.7. The lowest BCUT2D eigenvalue weighted by Gasteiger charge is -2.07. The third-order valence-electron chi connectivity index (χ3n) is 3.02. The molecule has 0 radical (unpaired) electrons. The van der Waals surface area contributed by atoms with Gasteiger partial charge in [-0.1, -0.05) is 23.7 Å². The van der Waals surface area contributed by atoms with E-state index in [0.717, 1.165) is 17.7 Å². The summed E-state index contributed by atoms with van der Waals surface area (Å²) in [6.45, 7) is 5.11. The monoisotopic (exact) mass is 291 g/mol. The molecule has 106 valence electrons.